The van der Waals surface area contributed by atoms with E-state index in [1.54, 1.807) is 12.4 Å². The highest BCUT2D eigenvalue weighted by molar-refractivity contribution is 5.84. The van der Waals surface area contributed by atoms with Crippen molar-refractivity contribution in [3.63, 3.8) is 0 Å². The second kappa shape index (κ2) is 5.98. The predicted octanol–water partition coefficient (Wildman–Crippen LogP) is 4.55. The Hall–Kier alpha value is -2.68. The number of aryl methyl sites for hydroxylation is 2. The average Bonchev–Trinajstić information content (AvgIpc) is 2.82. The molecule has 110 valence electrons. The van der Waals surface area contributed by atoms with E-state index < -0.39 is 0 Å². The van der Waals surface area contributed by atoms with Gasteiger partial charge in [0.25, 0.3) is 0 Å². The van der Waals surface area contributed by atoms with Crippen molar-refractivity contribution in [2.24, 2.45) is 4.99 Å². The van der Waals surface area contributed by atoms with Gasteiger partial charge in [-0.1, -0.05) is 17.7 Å². The Morgan fingerprint density at radius 2 is 1.82 bits per heavy atom. The van der Waals surface area contributed by atoms with E-state index in [0.717, 1.165) is 11.3 Å². The van der Waals surface area contributed by atoms with Crippen LogP contribution in [0.25, 0.3) is 5.69 Å². The van der Waals surface area contributed by atoms with Crippen LogP contribution in [-0.4, -0.2) is 15.8 Å². The molecule has 0 unspecified atom stereocenters. The Bertz CT molecular complexity index is 797. The first kappa shape index (κ1) is 14.3. The van der Waals surface area contributed by atoms with Crippen molar-refractivity contribution in [2.75, 3.05) is 0 Å². The maximum absolute atomic E-state index is 4.50. The van der Waals surface area contributed by atoms with E-state index in [2.05, 4.69) is 65.6 Å². The van der Waals surface area contributed by atoms with Crippen molar-refractivity contribution in [3.05, 3.63) is 77.4 Å². The Balaban J connectivity index is 1.97. The molecular weight excluding hydrogens is 270 g/mol. The molecule has 0 atom stereocenters. The third kappa shape index (κ3) is 2.84. The van der Waals surface area contributed by atoms with Crippen molar-refractivity contribution in [2.45, 2.75) is 20.8 Å². The molecule has 0 saturated heterocycles. The molecule has 0 spiro atoms. The number of hydrogen-bond donors (Lipinski definition) is 0. The Kier molecular flexibility index (Phi) is 3.88. The molecule has 0 fully saturated rings. The summed E-state index contributed by atoms with van der Waals surface area (Å²) in [5, 5.41) is 0. The van der Waals surface area contributed by atoms with Gasteiger partial charge in [-0.05, 0) is 51.1 Å². The van der Waals surface area contributed by atoms with Crippen LogP contribution in [-0.2, 0) is 0 Å². The zero-order valence-electron chi connectivity index (χ0n) is 13.1. The number of aliphatic imine (C=N–C) groups is 1. The molecule has 0 amide bonds. The Morgan fingerprint density at radius 1 is 1.05 bits per heavy atom. The first-order chi connectivity index (χ1) is 10.6. The number of aromatic nitrogens is 2. The third-order valence-corrected chi connectivity index (χ3v) is 3.76. The molecule has 3 heteroatoms. The zero-order valence-corrected chi connectivity index (χ0v) is 13.1. The molecular formula is C19H19N3. The van der Waals surface area contributed by atoms with Gasteiger partial charge in [-0.25, -0.2) is 0 Å². The quantitative estimate of drug-likeness (QED) is 0.651. The molecule has 0 aliphatic heterocycles. The summed E-state index contributed by atoms with van der Waals surface area (Å²) in [6.07, 6.45) is 5.42. The van der Waals surface area contributed by atoms with Crippen LogP contribution in [0.2, 0.25) is 0 Å². The minimum Gasteiger partial charge on any atom is -0.318 e. The number of nitrogens with zero attached hydrogens (tertiary/aromatic N) is 3. The normalized spacial score (nSPS) is 11.2. The van der Waals surface area contributed by atoms with Gasteiger partial charge in [-0.15, -0.1) is 0 Å². The van der Waals surface area contributed by atoms with Crippen molar-refractivity contribution >= 4 is 11.9 Å². The van der Waals surface area contributed by atoms with E-state index in [-0.39, 0.29) is 0 Å². The minimum absolute atomic E-state index is 0.864. The number of pyridine rings is 1. The van der Waals surface area contributed by atoms with Crippen LogP contribution in [0.5, 0.6) is 0 Å². The van der Waals surface area contributed by atoms with Crippen LogP contribution in [0.3, 0.4) is 0 Å². The SMILES string of the molecule is Cc1ccc(-n2c(C)cc(C=Nc3cccnc3)c2C)cc1. The van der Waals surface area contributed by atoms with E-state index in [1.807, 2.05) is 18.3 Å². The van der Waals surface area contributed by atoms with Gasteiger partial charge in [-0.3, -0.25) is 9.98 Å². The smallest absolute Gasteiger partial charge is 0.0813 e. The molecule has 2 heterocycles. The lowest BCUT2D eigenvalue weighted by Gasteiger charge is -2.09. The average molecular weight is 289 g/mol. The van der Waals surface area contributed by atoms with Crippen molar-refractivity contribution in [3.8, 4) is 5.69 Å². The van der Waals surface area contributed by atoms with Crippen LogP contribution in [0, 0.1) is 20.8 Å². The molecule has 1 aromatic carbocycles. The van der Waals surface area contributed by atoms with E-state index in [4.69, 9.17) is 0 Å². The molecule has 3 nitrogen and oxygen atoms in total. The molecule has 3 aromatic rings. The lowest BCUT2D eigenvalue weighted by Crippen LogP contribution is -1.99. The molecule has 0 aliphatic rings. The Morgan fingerprint density at radius 3 is 2.50 bits per heavy atom. The van der Waals surface area contributed by atoms with Gasteiger partial charge < -0.3 is 4.57 Å². The monoisotopic (exact) mass is 289 g/mol. The summed E-state index contributed by atoms with van der Waals surface area (Å²) in [6.45, 7) is 6.34. The molecule has 0 saturated carbocycles. The van der Waals surface area contributed by atoms with E-state index in [0.29, 0.717) is 0 Å². The molecule has 2 aromatic heterocycles. The van der Waals surface area contributed by atoms with Crippen molar-refractivity contribution < 1.29 is 0 Å². The topological polar surface area (TPSA) is 30.2 Å². The van der Waals surface area contributed by atoms with Crippen LogP contribution < -0.4 is 0 Å². The molecule has 0 aliphatic carbocycles. The molecule has 22 heavy (non-hydrogen) atoms. The fourth-order valence-corrected chi connectivity index (χ4v) is 2.58. The number of rotatable bonds is 3. The van der Waals surface area contributed by atoms with Crippen molar-refractivity contribution in [1.29, 1.82) is 0 Å². The van der Waals surface area contributed by atoms with Crippen LogP contribution in [0.15, 0.2) is 59.9 Å². The molecule has 3 rings (SSSR count). The molecule has 0 bridgehead atoms. The standard InChI is InChI=1S/C19H19N3/c1-14-6-8-19(9-7-14)22-15(2)11-17(16(22)3)12-21-18-5-4-10-20-13-18/h4-13H,1-3H3. The maximum atomic E-state index is 4.50. The minimum atomic E-state index is 0.864. The summed E-state index contributed by atoms with van der Waals surface area (Å²) in [7, 11) is 0. The summed E-state index contributed by atoms with van der Waals surface area (Å²) in [4.78, 5) is 8.58. The van der Waals surface area contributed by atoms with Gasteiger partial charge >= 0.3 is 0 Å². The van der Waals surface area contributed by atoms with Crippen molar-refractivity contribution in [1.82, 2.24) is 9.55 Å². The van der Waals surface area contributed by atoms with Gasteiger partial charge in [0.15, 0.2) is 0 Å². The largest absolute Gasteiger partial charge is 0.318 e. The van der Waals surface area contributed by atoms with Gasteiger partial charge in [-0.2, -0.15) is 0 Å². The van der Waals surface area contributed by atoms with E-state index in [9.17, 15) is 0 Å². The summed E-state index contributed by atoms with van der Waals surface area (Å²) in [5.41, 5.74) is 6.83. The zero-order chi connectivity index (χ0) is 15.5. The van der Waals surface area contributed by atoms with E-state index >= 15 is 0 Å². The summed E-state index contributed by atoms with van der Waals surface area (Å²) >= 11 is 0. The molecule has 0 N–H and O–H groups in total. The number of benzene rings is 1. The van der Waals surface area contributed by atoms with Gasteiger partial charge in [0.05, 0.1) is 11.9 Å². The number of hydrogen-bond acceptors (Lipinski definition) is 2. The maximum Gasteiger partial charge on any atom is 0.0813 e. The first-order valence-corrected chi connectivity index (χ1v) is 7.35. The van der Waals surface area contributed by atoms with E-state index in [1.165, 1.54) is 22.6 Å². The second-order valence-electron chi connectivity index (χ2n) is 5.47. The first-order valence-electron chi connectivity index (χ1n) is 7.35. The lowest BCUT2D eigenvalue weighted by molar-refractivity contribution is 0.964. The Labute approximate surface area is 131 Å². The van der Waals surface area contributed by atoms with Gasteiger partial charge in [0.2, 0.25) is 0 Å². The second-order valence-corrected chi connectivity index (χ2v) is 5.47. The van der Waals surface area contributed by atoms with Crippen LogP contribution >= 0.6 is 0 Å². The fraction of sp³-hybridized carbons (Fsp3) is 0.158. The highest BCUT2D eigenvalue weighted by Gasteiger charge is 2.09. The summed E-state index contributed by atoms with van der Waals surface area (Å²) < 4.78 is 2.25. The third-order valence-electron chi connectivity index (χ3n) is 3.76. The van der Waals surface area contributed by atoms with Gasteiger partial charge in [0, 0.05) is 35.1 Å². The highest BCUT2D eigenvalue weighted by atomic mass is 15.0. The highest BCUT2D eigenvalue weighted by Crippen LogP contribution is 2.20. The summed E-state index contributed by atoms with van der Waals surface area (Å²) in [5.74, 6) is 0. The van der Waals surface area contributed by atoms with Gasteiger partial charge in [0.1, 0.15) is 0 Å². The predicted molar refractivity (Wildman–Crippen MR) is 91.5 cm³/mol. The fourth-order valence-electron chi connectivity index (χ4n) is 2.58. The molecule has 0 radical (unpaired) electrons. The van der Waals surface area contributed by atoms with Crippen LogP contribution in [0.4, 0.5) is 5.69 Å². The lowest BCUT2D eigenvalue weighted by atomic mass is 10.2. The summed E-state index contributed by atoms with van der Waals surface area (Å²) in [6, 6.07) is 14.6. The van der Waals surface area contributed by atoms with Crippen LogP contribution in [0.1, 0.15) is 22.5 Å².